The summed E-state index contributed by atoms with van der Waals surface area (Å²) in [6.45, 7) is 5.30. The highest BCUT2D eigenvalue weighted by Gasteiger charge is 2.35. The van der Waals surface area contributed by atoms with Crippen molar-refractivity contribution in [1.82, 2.24) is 0 Å². The van der Waals surface area contributed by atoms with Gasteiger partial charge in [0.05, 0.1) is 34.4 Å². The van der Waals surface area contributed by atoms with Crippen molar-refractivity contribution < 1.29 is 27.9 Å². The molecule has 38 heavy (non-hydrogen) atoms. The van der Waals surface area contributed by atoms with E-state index in [2.05, 4.69) is 19.1 Å². The fourth-order valence-corrected chi connectivity index (χ4v) is 6.67. The molecule has 0 radical (unpaired) electrons. The Labute approximate surface area is 237 Å². The lowest BCUT2D eigenvalue weighted by Gasteiger charge is -2.41. The van der Waals surface area contributed by atoms with Crippen molar-refractivity contribution in [2.24, 2.45) is 0 Å². The molecule has 0 saturated heterocycles. The quantitative estimate of drug-likeness (QED) is 0.0416. The van der Waals surface area contributed by atoms with Gasteiger partial charge in [-0.3, -0.25) is 0 Å². The first-order valence-corrected chi connectivity index (χ1v) is 17.3. The largest absolute Gasteiger partial charge is 0.774 e. The van der Waals surface area contributed by atoms with Crippen LogP contribution in [0.5, 0.6) is 0 Å². The van der Waals surface area contributed by atoms with Gasteiger partial charge in [-0.15, -0.1) is 0 Å². The third kappa shape index (κ3) is 21.6. The second-order valence-electron chi connectivity index (χ2n) is 11.8. The average molecular weight is 562 g/mol. The molecule has 0 bridgehead atoms. The first-order chi connectivity index (χ1) is 18.2. The number of hydrogen-bond acceptors (Lipinski definition) is 5. The number of nitrogens with zero attached hydrogens (tertiary/aromatic N) is 1. The van der Waals surface area contributed by atoms with E-state index in [1.54, 1.807) is 7.11 Å². The highest BCUT2D eigenvalue weighted by molar-refractivity contribution is 7.51. The van der Waals surface area contributed by atoms with Crippen molar-refractivity contribution in [2.75, 3.05) is 48.1 Å². The molecule has 0 N–H and O–H groups in total. The summed E-state index contributed by atoms with van der Waals surface area (Å²) in [7, 11) is 3.24. The predicted octanol–water partition coefficient (Wildman–Crippen LogP) is 8.24. The first kappa shape index (κ1) is 37.8. The fourth-order valence-electron chi connectivity index (χ4n) is 4.71. The number of hydrogen-bond donors (Lipinski definition) is 0. The zero-order valence-corrected chi connectivity index (χ0v) is 27.0. The topological polar surface area (TPSA) is 67.8 Å². The minimum Gasteiger partial charge on any atom is -0.774 e. The maximum Gasteiger partial charge on any atom is 0.193 e. The Morgan fingerprint density at radius 2 is 1.24 bits per heavy atom. The number of quaternary nitrogens is 1. The summed E-state index contributed by atoms with van der Waals surface area (Å²) in [5, 5.41) is 0. The number of unbranched alkanes of at least 4 members (excludes halogenated alkanes) is 14. The number of allylic oxidation sites excluding steroid dienone is 2. The van der Waals surface area contributed by atoms with Crippen LogP contribution in [0.4, 0.5) is 0 Å². The van der Waals surface area contributed by atoms with Crippen molar-refractivity contribution >= 4 is 7.60 Å². The van der Waals surface area contributed by atoms with Crippen LogP contribution in [0.3, 0.4) is 0 Å². The van der Waals surface area contributed by atoms with Gasteiger partial charge in [-0.1, -0.05) is 96.6 Å². The van der Waals surface area contributed by atoms with Gasteiger partial charge < -0.3 is 27.9 Å². The normalized spacial score (nSPS) is 15.7. The zero-order chi connectivity index (χ0) is 28.5. The second kappa shape index (κ2) is 24.6. The van der Waals surface area contributed by atoms with Crippen molar-refractivity contribution in [1.29, 1.82) is 0 Å². The maximum absolute atomic E-state index is 12.7. The summed E-state index contributed by atoms with van der Waals surface area (Å²) < 4.78 is 29.6. The highest BCUT2D eigenvalue weighted by Crippen LogP contribution is 2.48. The highest BCUT2D eigenvalue weighted by atomic mass is 31.2. The fraction of sp³-hybridized carbons (Fsp3) is 0.935. The van der Waals surface area contributed by atoms with Gasteiger partial charge in [-0.2, -0.15) is 0 Å². The molecule has 0 aliphatic heterocycles. The summed E-state index contributed by atoms with van der Waals surface area (Å²) in [6, 6.07) is 0. The Morgan fingerprint density at radius 1 is 0.737 bits per heavy atom. The van der Waals surface area contributed by atoms with Gasteiger partial charge in [0.15, 0.2) is 13.4 Å². The van der Waals surface area contributed by atoms with Gasteiger partial charge in [0, 0.05) is 20.1 Å². The summed E-state index contributed by atoms with van der Waals surface area (Å²) in [5.41, 5.74) is 0. The molecule has 228 valence electrons. The zero-order valence-electron chi connectivity index (χ0n) is 26.1. The standard InChI is InChI=1S/C31H64NO5P/c1-7-9-10-11-12-13-14-15-16-17-18-19-20-21-22-23-24-25-27-36-28-30(35-6)29-37-38(33,34)31(26-8-2)32(3,4)5/h14-15,30-31H,7-13,16-29H2,1-6H3/b15-14-/t30-,31?/m1/s1. The molecule has 0 aromatic rings. The third-order valence-electron chi connectivity index (χ3n) is 7.18. The molecule has 0 spiro atoms. The predicted molar refractivity (Wildman–Crippen MR) is 161 cm³/mol. The summed E-state index contributed by atoms with van der Waals surface area (Å²) in [6.07, 6.45) is 26.6. The minimum atomic E-state index is -4.00. The van der Waals surface area contributed by atoms with Crippen LogP contribution >= 0.6 is 7.60 Å². The average Bonchev–Trinajstić information content (AvgIpc) is 2.87. The van der Waals surface area contributed by atoms with E-state index < -0.39 is 13.4 Å². The van der Waals surface area contributed by atoms with Crippen LogP contribution in [-0.2, 0) is 18.6 Å². The van der Waals surface area contributed by atoms with Gasteiger partial charge in [-0.25, -0.2) is 0 Å². The summed E-state index contributed by atoms with van der Waals surface area (Å²) in [5.74, 6) is -0.553. The molecule has 0 aromatic carbocycles. The molecule has 3 atom stereocenters. The lowest BCUT2D eigenvalue weighted by Crippen LogP contribution is -2.47. The number of ether oxygens (including phenoxy) is 2. The van der Waals surface area contributed by atoms with Gasteiger partial charge >= 0.3 is 0 Å². The SMILES string of the molecule is CCCCCCC/C=C\CCCCCCCCCCCOC[C@H](COP(=O)([O-])C(CCC)[N+](C)(C)C)OC. The molecule has 0 fully saturated rings. The molecular weight excluding hydrogens is 497 g/mol. The first-order valence-electron chi connectivity index (χ1n) is 15.7. The Balaban J connectivity index is 3.67. The van der Waals surface area contributed by atoms with E-state index >= 15 is 0 Å². The summed E-state index contributed by atoms with van der Waals surface area (Å²) >= 11 is 0. The summed E-state index contributed by atoms with van der Waals surface area (Å²) in [4.78, 5) is 12.7. The van der Waals surface area contributed by atoms with Crippen LogP contribution in [0.25, 0.3) is 0 Å². The van der Waals surface area contributed by atoms with Crippen molar-refractivity contribution in [3.05, 3.63) is 12.2 Å². The van der Waals surface area contributed by atoms with E-state index in [9.17, 15) is 9.46 Å². The van der Waals surface area contributed by atoms with Crippen LogP contribution in [0.1, 0.15) is 129 Å². The monoisotopic (exact) mass is 561 g/mol. The van der Waals surface area contributed by atoms with E-state index in [0.717, 1.165) is 12.8 Å². The van der Waals surface area contributed by atoms with Gasteiger partial charge in [-0.05, 0) is 38.5 Å². The van der Waals surface area contributed by atoms with Crippen LogP contribution < -0.4 is 4.89 Å². The van der Waals surface area contributed by atoms with Crippen molar-refractivity contribution in [3.8, 4) is 0 Å². The second-order valence-corrected chi connectivity index (χ2v) is 13.7. The maximum atomic E-state index is 12.7. The van der Waals surface area contributed by atoms with E-state index in [-0.39, 0.29) is 12.7 Å². The van der Waals surface area contributed by atoms with Crippen molar-refractivity contribution in [2.45, 2.75) is 141 Å². The lowest BCUT2D eigenvalue weighted by molar-refractivity contribution is -0.884. The van der Waals surface area contributed by atoms with E-state index in [1.165, 1.54) is 96.3 Å². The number of rotatable bonds is 28. The van der Waals surface area contributed by atoms with E-state index in [1.807, 2.05) is 28.1 Å². The smallest absolute Gasteiger partial charge is 0.193 e. The minimum absolute atomic E-state index is 0.00685. The Morgan fingerprint density at radius 3 is 1.71 bits per heavy atom. The molecule has 6 nitrogen and oxygen atoms in total. The molecular formula is C31H64NO5P. The molecule has 0 heterocycles. The molecule has 0 aromatic heterocycles. The Bertz CT molecular complexity index is 593. The van der Waals surface area contributed by atoms with Gasteiger partial charge in [0.2, 0.25) is 0 Å². The third-order valence-corrected chi connectivity index (χ3v) is 9.37. The van der Waals surface area contributed by atoms with Crippen LogP contribution in [0, 0.1) is 0 Å². The molecule has 0 saturated carbocycles. The molecule has 0 rings (SSSR count). The van der Waals surface area contributed by atoms with Crippen LogP contribution in [0.15, 0.2) is 12.2 Å². The van der Waals surface area contributed by atoms with Crippen molar-refractivity contribution in [3.63, 3.8) is 0 Å². The van der Waals surface area contributed by atoms with Crippen LogP contribution in [-0.4, -0.2) is 64.4 Å². The molecule has 0 aliphatic rings. The van der Waals surface area contributed by atoms with E-state index in [4.69, 9.17) is 14.0 Å². The molecule has 0 aliphatic carbocycles. The van der Waals surface area contributed by atoms with Gasteiger partial charge in [0.25, 0.3) is 0 Å². The van der Waals surface area contributed by atoms with Gasteiger partial charge in [0.1, 0.15) is 6.10 Å². The molecule has 0 amide bonds. The number of methoxy groups -OCH3 is 1. The lowest BCUT2D eigenvalue weighted by atomic mass is 10.1. The molecule has 7 heteroatoms. The Hall–Kier alpha value is -0.230. The molecule has 2 unspecified atom stereocenters. The van der Waals surface area contributed by atoms with E-state index in [0.29, 0.717) is 24.1 Å². The Kier molecular flexibility index (Phi) is 24.4. The van der Waals surface area contributed by atoms with Crippen LogP contribution in [0.2, 0.25) is 0 Å².